The van der Waals surface area contributed by atoms with Gasteiger partial charge in [0, 0.05) is 12.2 Å². The number of anilines is 1. The fourth-order valence-electron chi connectivity index (χ4n) is 2.42. The second-order valence-electron chi connectivity index (χ2n) is 5.28. The number of halogens is 1. The molecule has 1 aromatic carbocycles. The second kappa shape index (κ2) is 7.74. The zero-order chi connectivity index (χ0) is 15.1. The molecule has 0 radical (unpaired) electrons. The van der Waals surface area contributed by atoms with E-state index in [1.54, 1.807) is 18.3 Å². The van der Waals surface area contributed by atoms with Gasteiger partial charge in [-0.1, -0.05) is 19.1 Å². The van der Waals surface area contributed by atoms with Crippen LogP contribution >= 0.6 is 0 Å². The molecule has 1 atom stereocenters. The molecule has 0 saturated heterocycles. The lowest BCUT2D eigenvalue weighted by Crippen LogP contribution is -2.33. The summed E-state index contributed by atoms with van der Waals surface area (Å²) < 4.78 is 13.3. The molecule has 2 aromatic rings. The van der Waals surface area contributed by atoms with E-state index in [1.165, 1.54) is 6.07 Å². The van der Waals surface area contributed by atoms with Gasteiger partial charge in [0.15, 0.2) is 0 Å². The molecule has 21 heavy (non-hydrogen) atoms. The van der Waals surface area contributed by atoms with Crippen molar-refractivity contribution in [1.29, 1.82) is 0 Å². The Bertz CT molecular complexity index is 524. The highest BCUT2D eigenvalue weighted by Gasteiger charge is 2.11. The fraction of sp³-hybridized carbons (Fsp3) is 0.353. The van der Waals surface area contributed by atoms with Crippen LogP contribution in [0.25, 0.3) is 0 Å². The molecule has 2 rings (SSSR count). The van der Waals surface area contributed by atoms with Gasteiger partial charge >= 0.3 is 0 Å². The van der Waals surface area contributed by atoms with Crippen LogP contribution in [0, 0.1) is 5.82 Å². The predicted octanol–water partition coefficient (Wildman–Crippen LogP) is 2.96. The average molecular weight is 287 g/mol. The maximum Gasteiger partial charge on any atom is 0.123 e. The largest absolute Gasteiger partial charge is 0.384 e. The third-order valence-corrected chi connectivity index (χ3v) is 3.38. The van der Waals surface area contributed by atoms with E-state index in [2.05, 4.69) is 17.2 Å². The van der Waals surface area contributed by atoms with Crippen LogP contribution in [0.5, 0.6) is 0 Å². The molecule has 3 N–H and O–H groups in total. The zero-order valence-electron chi connectivity index (χ0n) is 12.3. The smallest absolute Gasteiger partial charge is 0.123 e. The van der Waals surface area contributed by atoms with E-state index in [4.69, 9.17) is 5.73 Å². The van der Waals surface area contributed by atoms with E-state index in [0.717, 1.165) is 36.9 Å². The minimum atomic E-state index is -0.185. The summed E-state index contributed by atoms with van der Waals surface area (Å²) in [6.07, 6.45) is 4.44. The molecule has 1 heterocycles. The van der Waals surface area contributed by atoms with Gasteiger partial charge in [0.2, 0.25) is 0 Å². The normalized spacial score (nSPS) is 12.3. The molecular weight excluding hydrogens is 265 g/mol. The number of hydrogen-bond donors (Lipinski definition) is 2. The van der Waals surface area contributed by atoms with E-state index in [0.29, 0.717) is 5.82 Å². The van der Waals surface area contributed by atoms with Crippen LogP contribution in [0.1, 0.15) is 24.5 Å². The predicted molar refractivity (Wildman–Crippen MR) is 84.5 cm³/mol. The summed E-state index contributed by atoms with van der Waals surface area (Å²) in [5, 5.41) is 3.52. The van der Waals surface area contributed by atoms with Gasteiger partial charge in [-0.05, 0) is 61.2 Å². The molecule has 1 aromatic heterocycles. The van der Waals surface area contributed by atoms with Crippen LogP contribution in [0.3, 0.4) is 0 Å². The summed E-state index contributed by atoms with van der Waals surface area (Å²) in [4.78, 5) is 4.01. The van der Waals surface area contributed by atoms with Crippen LogP contribution in [-0.4, -0.2) is 17.6 Å². The van der Waals surface area contributed by atoms with Gasteiger partial charge < -0.3 is 11.1 Å². The van der Waals surface area contributed by atoms with Crippen molar-refractivity contribution in [3.05, 3.63) is 59.5 Å². The van der Waals surface area contributed by atoms with Crippen LogP contribution < -0.4 is 11.1 Å². The van der Waals surface area contributed by atoms with Crippen molar-refractivity contribution < 1.29 is 4.39 Å². The van der Waals surface area contributed by atoms with Crippen LogP contribution in [-0.2, 0) is 12.8 Å². The minimum Gasteiger partial charge on any atom is -0.384 e. The van der Waals surface area contributed by atoms with Gasteiger partial charge in [-0.25, -0.2) is 9.37 Å². The molecular formula is C17H22FN3. The summed E-state index contributed by atoms with van der Waals surface area (Å²) in [6, 6.07) is 10.9. The SMILES string of the molecule is CCCNC(Cc1cccc(F)c1)Cc1ccnc(N)c1. The number of hydrogen-bond acceptors (Lipinski definition) is 3. The number of rotatable bonds is 7. The average Bonchev–Trinajstić information content (AvgIpc) is 2.45. The van der Waals surface area contributed by atoms with Gasteiger partial charge in [0.25, 0.3) is 0 Å². The van der Waals surface area contributed by atoms with Crippen molar-refractivity contribution in [2.24, 2.45) is 0 Å². The Balaban J connectivity index is 2.06. The van der Waals surface area contributed by atoms with Crippen LogP contribution in [0.2, 0.25) is 0 Å². The number of nitrogens with two attached hydrogens (primary N) is 1. The summed E-state index contributed by atoms with van der Waals surface area (Å²) >= 11 is 0. The van der Waals surface area contributed by atoms with Crippen molar-refractivity contribution in [2.75, 3.05) is 12.3 Å². The molecule has 0 fully saturated rings. The lowest BCUT2D eigenvalue weighted by Gasteiger charge is -2.19. The molecule has 3 nitrogen and oxygen atoms in total. The third kappa shape index (κ3) is 5.16. The Kier molecular flexibility index (Phi) is 5.69. The van der Waals surface area contributed by atoms with Gasteiger partial charge in [-0.2, -0.15) is 0 Å². The van der Waals surface area contributed by atoms with E-state index in [-0.39, 0.29) is 11.9 Å². The van der Waals surface area contributed by atoms with Crippen molar-refractivity contribution in [2.45, 2.75) is 32.2 Å². The van der Waals surface area contributed by atoms with E-state index in [9.17, 15) is 4.39 Å². The van der Waals surface area contributed by atoms with Gasteiger partial charge in [0.1, 0.15) is 11.6 Å². The Morgan fingerprint density at radius 1 is 1.19 bits per heavy atom. The monoisotopic (exact) mass is 287 g/mol. The topological polar surface area (TPSA) is 50.9 Å². The van der Waals surface area contributed by atoms with Crippen molar-refractivity contribution in [3.8, 4) is 0 Å². The molecule has 112 valence electrons. The van der Waals surface area contributed by atoms with Crippen molar-refractivity contribution >= 4 is 5.82 Å². The summed E-state index contributed by atoms with van der Waals surface area (Å²) in [7, 11) is 0. The molecule has 1 unspecified atom stereocenters. The van der Waals surface area contributed by atoms with Gasteiger partial charge in [0.05, 0.1) is 0 Å². The number of nitrogens with zero attached hydrogens (tertiary/aromatic N) is 1. The standard InChI is InChI=1S/C17H22FN3/c1-2-7-20-16(10-13-4-3-5-15(18)9-13)11-14-6-8-21-17(19)12-14/h3-6,8-9,12,16,20H,2,7,10-11H2,1H3,(H2,19,21). The zero-order valence-corrected chi connectivity index (χ0v) is 12.3. The number of nitrogens with one attached hydrogen (secondary N) is 1. The number of pyridine rings is 1. The quantitative estimate of drug-likeness (QED) is 0.823. The molecule has 0 aliphatic rings. The number of aromatic nitrogens is 1. The second-order valence-corrected chi connectivity index (χ2v) is 5.28. The van der Waals surface area contributed by atoms with Gasteiger partial charge in [-0.3, -0.25) is 0 Å². The highest BCUT2D eigenvalue weighted by molar-refractivity contribution is 5.32. The van der Waals surface area contributed by atoms with Crippen LogP contribution in [0.15, 0.2) is 42.6 Å². The van der Waals surface area contributed by atoms with E-state index >= 15 is 0 Å². The maximum atomic E-state index is 13.3. The Hall–Kier alpha value is -1.94. The third-order valence-electron chi connectivity index (χ3n) is 3.38. The lowest BCUT2D eigenvalue weighted by atomic mass is 9.99. The lowest BCUT2D eigenvalue weighted by molar-refractivity contribution is 0.503. The fourth-order valence-corrected chi connectivity index (χ4v) is 2.42. The summed E-state index contributed by atoms with van der Waals surface area (Å²) in [5.74, 6) is 0.349. The first-order valence-corrected chi connectivity index (χ1v) is 7.35. The van der Waals surface area contributed by atoms with E-state index < -0.39 is 0 Å². The highest BCUT2D eigenvalue weighted by atomic mass is 19.1. The molecule has 0 spiro atoms. The molecule has 0 bridgehead atoms. The highest BCUT2D eigenvalue weighted by Crippen LogP contribution is 2.12. The van der Waals surface area contributed by atoms with Crippen molar-refractivity contribution in [1.82, 2.24) is 10.3 Å². The van der Waals surface area contributed by atoms with Gasteiger partial charge in [-0.15, -0.1) is 0 Å². The first-order chi connectivity index (χ1) is 10.2. The summed E-state index contributed by atoms with van der Waals surface area (Å²) in [6.45, 7) is 3.08. The Labute approximate surface area is 125 Å². The van der Waals surface area contributed by atoms with Crippen molar-refractivity contribution in [3.63, 3.8) is 0 Å². The molecule has 0 saturated carbocycles. The minimum absolute atomic E-state index is 0.185. The number of benzene rings is 1. The summed E-state index contributed by atoms with van der Waals surface area (Å²) in [5.41, 5.74) is 7.88. The van der Waals surface area contributed by atoms with E-state index in [1.807, 2.05) is 18.2 Å². The molecule has 4 heteroatoms. The van der Waals surface area contributed by atoms with Crippen LogP contribution in [0.4, 0.5) is 10.2 Å². The molecule has 0 amide bonds. The first kappa shape index (κ1) is 15.4. The number of nitrogen functional groups attached to an aromatic ring is 1. The molecule has 0 aliphatic carbocycles. The first-order valence-electron chi connectivity index (χ1n) is 7.35. The maximum absolute atomic E-state index is 13.3. The molecule has 0 aliphatic heterocycles. The Morgan fingerprint density at radius 3 is 2.62 bits per heavy atom. The Morgan fingerprint density at radius 2 is 1.95 bits per heavy atom.